The lowest BCUT2D eigenvalue weighted by Crippen LogP contribution is -2.07. The minimum Gasteiger partial charge on any atom is -0.254 e. The van der Waals surface area contributed by atoms with Gasteiger partial charge in [-0.15, -0.1) is 5.10 Å². The van der Waals surface area contributed by atoms with Gasteiger partial charge in [-0.3, -0.25) is 5.10 Å². The quantitative estimate of drug-likeness (QED) is 0.859. The van der Waals surface area contributed by atoms with E-state index in [1.165, 1.54) is 11.8 Å². The Morgan fingerprint density at radius 3 is 2.47 bits per heavy atom. The maximum Gasteiger partial charge on any atom is 0.451 e. The maximum atomic E-state index is 12.2. The van der Waals surface area contributed by atoms with Crippen molar-refractivity contribution in [3.63, 3.8) is 0 Å². The molecule has 1 heterocycles. The summed E-state index contributed by atoms with van der Waals surface area (Å²) in [6, 6.07) is 0. The Hall–Kier alpha value is -0.720. The molecular weight excluding hydrogens is 227 g/mol. The third-order valence-corrected chi connectivity index (χ3v) is 3.51. The molecule has 7 heteroatoms. The third-order valence-electron chi connectivity index (χ3n) is 2.31. The first-order valence-electron chi connectivity index (χ1n) is 4.72. The number of aromatic amines is 1. The average molecular weight is 237 g/mol. The highest BCUT2D eigenvalue weighted by atomic mass is 32.2. The first-order valence-corrected chi connectivity index (χ1v) is 5.60. The molecule has 15 heavy (non-hydrogen) atoms. The van der Waals surface area contributed by atoms with E-state index in [2.05, 4.69) is 10.1 Å². The molecular formula is C8H10F3N3S. The second-order valence-corrected chi connectivity index (χ2v) is 4.76. The van der Waals surface area contributed by atoms with Crippen molar-refractivity contribution >= 4 is 11.8 Å². The van der Waals surface area contributed by atoms with E-state index in [-0.39, 0.29) is 5.16 Å². The van der Waals surface area contributed by atoms with Gasteiger partial charge in [-0.05, 0) is 12.8 Å². The zero-order chi connectivity index (χ0) is 10.9. The number of halogens is 3. The third kappa shape index (κ3) is 2.64. The summed E-state index contributed by atoms with van der Waals surface area (Å²) in [5, 5.41) is 6.05. The van der Waals surface area contributed by atoms with Crippen molar-refractivity contribution < 1.29 is 13.2 Å². The number of rotatable bonds is 2. The number of H-pyrrole nitrogens is 1. The predicted molar refractivity (Wildman–Crippen MR) is 49.5 cm³/mol. The van der Waals surface area contributed by atoms with Crippen LogP contribution in [0.4, 0.5) is 13.2 Å². The van der Waals surface area contributed by atoms with E-state index in [0.717, 1.165) is 25.7 Å². The lowest BCUT2D eigenvalue weighted by atomic mass is 10.4. The molecule has 0 atom stereocenters. The summed E-state index contributed by atoms with van der Waals surface area (Å²) in [5.41, 5.74) is 0. The van der Waals surface area contributed by atoms with Crippen LogP contribution in [0.15, 0.2) is 5.16 Å². The van der Waals surface area contributed by atoms with Crippen LogP contribution in [0.25, 0.3) is 0 Å². The molecule has 0 unspecified atom stereocenters. The maximum absolute atomic E-state index is 12.2. The van der Waals surface area contributed by atoms with E-state index >= 15 is 0 Å². The average Bonchev–Trinajstić information content (AvgIpc) is 2.73. The fourth-order valence-electron chi connectivity index (χ4n) is 1.58. The second-order valence-electron chi connectivity index (χ2n) is 3.49. The van der Waals surface area contributed by atoms with Crippen molar-refractivity contribution in [2.75, 3.05) is 0 Å². The summed E-state index contributed by atoms with van der Waals surface area (Å²) < 4.78 is 36.5. The number of thioether (sulfide) groups is 1. The summed E-state index contributed by atoms with van der Waals surface area (Å²) in [6.45, 7) is 0. The van der Waals surface area contributed by atoms with Crippen LogP contribution in [0.2, 0.25) is 0 Å². The van der Waals surface area contributed by atoms with Crippen LogP contribution in [0, 0.1) is 0 Å². The second kappa shape index (κ2) is 4.03. The molecule has 1 aromatic rings. The summed E-state index contributed by atoms with van der Waals surface area (Å²) in [7, 11) is 0. The van der Waals surface area contributed by atoms with Crippen LogP contribution in [-0.4, -0.2) is 20.4 Å². The topological polar surface area (TPSA) is 41.6 Å². The molecule has 2 rings (SSSR count). The summed E-state index contributed by atoms with van der Waals surface area (Å²) in [5.74, 6) is -1.01. The van der Waals surface area contributed by atoms with E-state index in [9.17, 15) is 13.2 Å². The van der Waals surface area contributed by atoms with Gasteiger partial charge >= 0.3 is 6.18 Å². The zero-order valence-corrected chi connectivity index (χ0v) is 8.66. The van der Waals surface area contributed by atoms with E-state index in [1.807, 2.05) is 5.10 Å². The molecule has 3 nitrogen and oxygen atoms in total. The van der Waals surface area contributed by atoms with Gasteiger partial charge in [-0.1, -0.05) is 24.6 Å². The first kappa shape index (κ1) is 10.8. The first-order chi connectivity index (χ1) is 7.05. The number of nitrogens with zero attached hydrogens (tertiary/aromatic N) is 2. The Morgan fingerprint density at radius 1 is 1.27 bits per heavy atom. The summed E-state index contributed by atoms with van der Waals surface area (Å²) in [6.07, 6.45) is -0.0506. The monoisotopic (exact) mass is 237 g/mol. The standard InChI is InChI=1S/C8H10F3N3S/c9-8(10,11)6-12-7(14-13-6)15-5-3-1-2-4-5/h5H,1-4H2,(H,12,13,14). The molecule has 1 saturated carbocycles. The fraction of sp³-hybridized carbons (Fsp3) is 0.750. The van der Waals surface area contributed by atoms with Crippen LogP contribution in [0.1, 0.15) is 31.5 Å². The Morgan fingerprint density at radius 2 is 1.93 bits per heavy atom. The fourth-order valence-corrected chi connectivity index (χ4v) is 2.69. The molecule has 0 saturated heterocycles. The van der Waals surface area contributed by atoms with Gasteiger partial charge in [0.05, 0.1) is 0 Å². The normalized spacial score (nSPS) is 18.6. The van der Waals surface area contributed by atoms with Crippen LogP contribution in [0.3, 0.4) is 0 Å². The Bertz CT molecular complexity index is 330. The van der Waals surface area contributed by atoms with Crippen molar-refractivity contribution in [2.24, 2.45) is 0 Å². The van der Waals surface area contributed by atoms with Gasteiger partial charge in [0.15, 0.2) is 0 Å². The van der Waals surface area contributed by atoms with E-state index in [1.54, 1.807) is 0 Å². The van der Waals surface area contributed by atoms with Crippen LogP contribution in [-0.2, 0) is 6.18 Å². The van der Waals surface area contributed by atoms with Crippen molar-refractivity contribution in [3.05, 3.63) is 5.82 Å². The van der Waals surface area contributed by atoms with Gasteiger partial charge < -0.3 is 0 Å². The molecule has 0 amide bonds. The Kier molecular flexibility index (Phi) is 2.90. The molecule has 0 radical (unpaired) electrons. The molecule has 0 bridgehead atoms. The largest absolute Gasteiger partial charge is 0.451 e. The molecule has 84 valence electrons. The van der Waals surface area contributed by atoms with Gasteiger partial charge in [0, 0.05) is 5.25 Å². The minimum absolute atomic E-state index is 0.203. The van der Waals surface area contributed by atoms with E-state index < -0.39 is 12.0 Å². The van der Waals surface area contributed by atoms with Crippen LogP contribution < -0.4 is 0 Å². The molecule has 0 aromatic carbocycles. The van der Waals surface area contributed by atoms with Gasteiger partial charge in [0.25, 0.3) is 0 Å². The smallest absolute Gasteiger partial charge is 0.254 e. The van der Waals surface area contributed by atoms with Gasteiger partial charge in [-0.2, -0.15) is 18.2 Å². The highest BCUT2D eigenvalue weighted by Crippen LogP contribution is 2.34. The number of hydrogen-bond donors (Lipinski definition) is 1. The molecule has 0 spiro atoms. The van der Waals surface area contributed by atoms with E-state index in [0.29, 0.717) is 5.25 Å². The Labute approximate surface area is 88.9 Å². The van der Waals surface area contributed by atoms with Crippen LogP contribution in [0.5, 0.6) is 0 Å². The molecule has 1 aromatic heterocycles. The van der Waals surface area contributed by atoms with Crippen molar-refractivity contribution in [3.8, 4) is 0 Å². The SMILES string of the molecule is FC(F)(F)c1nc(SC2CCCC2)n[nH]1. The number of alkyl halides is 3. The summed E-state index contributed by atoms with van der Waals surface area (Å²) in [4.78, 5) is 3.42. The van der Waals surface area contributed by atoms with Gasteiger partial charge in [-0.25, -0.2) is 0 Å². The highest BCUT2D eigenvalue weighted by Gasteiger charge is 2.35. The van der Waals surface area contributed by atoms with Crippen molar-refractivity contribution in [2.45, 2.75) is 42.3 Å². The number of aromatic nitrogens is 3. The van der Waals surface area contributed by atoms with E-state index in [4.69, 9.17) is 0 Å². The molecule has 1 N–H and O–H groups in total. The number of hydrogen-bond acceptors (Lipinski definition) is 3. The zero-order valence-electron chi connectivity index (χ0n) is 7.84. The van der Waals surface area contributed by atoms with Crippen LogP contribution >= 0.6 is 11.8 Å². The van der Waals surface area contributed by atoms with Gasteiger partial charge in [0.1, 0.15) is 0 Å². The molecule has 1 fully saturated rings. The number of nitrogens with one attached hydrogen (secondary N) is 1. The minimum atomic E-state index is -4.43. The molecule has 1 aliphatic carbocycles. The predicted octanol–water partition coefficient (Wildman–Crippen LogP) is 2.86. The Balaban J connectivity index is 2.00. The lowest BCUT2D eigenvalue weighted by Gasteiger charge is -2.03. The summed E-state index contributed by atoms with van der Waals surface area (Å²) >= 11 is 1.33. The molecule has 1 aliphatic rings. The molecule has 0 aliphatic heterocycles. The van der Waals surface area contributed by atoms with Gasteiger partial charge in [0.2, 0.25) is 11.0 Å². The highest BCUT2D eigenvalue weighted by molar-refractivity contribution is 7.99. The lowest BCUT2D eigenvalue weighted by molar-refractivity contribution is -0.144. The van der Waals surface area contributed by atoms with Crippen molar-refractivity contribution in [1.82, 2.24) is 15.2 Å². The van der Waals surface area contributed by atoms with Crippen molar-refractivity contribution in [1.29, 1.82) is 0 Å².